The summed E-state index contributed by atoms with van der Waals surface area (Å²) in [6.45, 7) is 2.01. The molecular formula is C29H21OP. The molecule has 0 spiro atoms. The van der Waals surface area contributed by atoms with Crippen molar-refractivity contribution in [3.63, 3.8) is 0 Å². The molecule has 0 amide bonds. The van der Waals surface area contributed by atoms with E-state index in [2.05, 4.69) is 66.4 Å². The summed E-state index contributed by atoms with van der Waals surface area (Å²) in [6.07, 6.45) is 11.3. The fourth-order valence-corrected chi connectivity index (χ4v) is 5.72. The van der Waals surface area contributed by atoms with E-state index in [0.717, 1.165) is 33.5 Å². The Hall–Kier alpha value is -3.77. The van der Waals surface area contributed by atoms with Crippen LogP contribution in [0.1, 0.15) is 16.7 Å². The molecule has 0 bridgehead atoms. The smallest absolute Gasteiger partial charge is 0.137 e. The van der Waals surface area contributed by atoms with Gasteiger partial charge in [-0.15, -0.1) is 12.8 Å². The summed E-state index contributed by atoms with van der Waals surface area (Å²) in [4.78, 5) is 0. The maximum absolute atomic E-state index is 6.47. The number of aryl methyl sites for hydroxylation is 1. The van der Waals surface area contributed by atoms with Gasteiger partial charge >= 0.3 is 0 Å². The van der Waals surface area contributed by atoms with Crippen molar-refractivity contribution in [1.29, 1.82) is 0 Å². The number of terminal acetylenes is 2. The van der Waals surface area contributed by atoms with Crippen molar-refractivity contribution in [1.82, 2.24) is 0 Å². The first-order valence-electron chi connectivity index (χ1n) is 9.95. The minimum atomic E-state index is -0.835. The average molecular weight is 416 g/mol. The van der Waals surface area contributed by atoms with Gasteiger partial charge in [0.25, 0.3) is 0 Å². The van der Waals surface area contributed by atoms with E-state index in [-0.39, 0.29) is 0 Å². The summed E-state index contributed by atoms with van der Waals surface area (Å²) < 4.78 is 6.47. The molecule has 0 aromatic heterocycles. The molecule has 4 rings (SSSR count). The molecule has 0 unspecified atom stereocenters. The standard InChI is InChI=1S/C29H21OP/c1-4-23-17-16-22(3)27(20-23)30-28-21-24(5-2)18-19-29(28)31(25-12-8-6-9-13-25)26-14-10-7-11-15-26/h1-2,6-21H,3H3. The molecule has 1 nitrogen and oxygen atoms in total. The van der Waals surface area contributed by atoms with E-state index in [0.29, 0.717) is 0 Å². The third-order valence-electron chi connectivity index (χ3n) is 4.97. The van der Waals surface area contributed by atoms with E-state index in [1.165, 1.54) is 10.6 Å². The zero-order valence-electron chi connectivity index (χ0n) is 17.2. The van der Waals surface area contributed by atoms with Crippen molar-refractivity contribution >= 4 is 23.8 Å². The molecule has 0 saturated heterocycles. The predicted octanol–water partition coefficient (Wildman–Crippen LogP) is 5.51. The normalized spacial score (nSPS) is 10.3. The molecule has 4 aromatic rings. The second-order valence-corrected chi connectivity index (χ2v) is 9.25. The van der Waals surface area contributed by atoms with Crippen molar-refractivity contribution in [2.75, 3.05) is 0 Å². The van der Waals surface area contributed by atoms with E-state index in [1.807, 2.05) is 49.4 Å². The molecule has 0 radical (unpaired) electrons. The molecule has 148 valence electrons. The van der Waals surface area contributed by atoms with Gasteiger partial charge in [0.1, 0.15) is 11.5 Å². The van der Waals surface area contributed by atoms with Crippen LogP contribution in [0.3, 0.4) is 0 Å². The first-order valence-corrected chi connectivity index (χ1v) is 11.3. The van der Waals surface area contributed by atoms with Gasteiger partial charge in [-0.25, -0.2) is 0 Å². The van der Waals surface area contributed by atoms with Crippen LogP contribution < -0.4 is 20.7 Å². The second kappa shape index (κ2) is 9.36. The molecule has 0 atom stereocenters. The molecule has 0 aliphatic rings. The van der Waals surface area contributed by atoms with Crippen LogP contribution in [0.15, 0.2) is 97.1 Å². The Kier molecular flexibility index (Phi) is 6.19. The SMILES string of the molecule is C#Cc1ccc(C)c(Oc2cc(C#C)ccc2P(c2ccccc2)c2ccccc2)c1. The highest BCUT2D eigenvalue weighted by Gasteiger charge is 2.21. The van der Waals surface area contributed by atoms with Crippen molar-refractivity contribution in [3.8, 4) is 36.2 Å². The van der Waals surface area contributed by atoms with Gasteiger partial charge in [0, 0.05) is 16.4 Å². The monoisotopic (exact) mass is 416 g/mol. The lowest BCUT2D eigenvalue weighted by Crippen LogP contribution is -2.22. The second-order valence-electron chi connectivity index (χ2n) is 7.06. The summed E-state index contributed by atoms with van der Waals surface area (Å²) in [5.74, 6) is 6.91. The summed E-state index contributed by atoms with van der Waals surface area (Å²) in [7, 11) is -0.835. The van der Waals surface area contributed by atoms with Crippen LogP contribution in [0.5, 0.6) is 11.5 Å². The highest BCUT2D eigenvalue weighted by Crippen LogP contribution is 2.38. The first-order chi connectivity index (χ1) is 15.2. The number of hydrogen-bond donors (Lipinski definition) is 0. The molecule has 0 heterocycles. The predicted molar refractivity (Wildman–Crippen MR) is 132 cm³/mol. The Labute approximate surface area is 185 Å². The Morgan fingerprint density at radius 3 is 1.71 bits per heavy atom. The van der Waals surface area contributed by atoms with E-state index in [1.54, 1.807) is 0 Å². The highest BCUT2D eigenvalue weighted by molar-refractivity contribution is 7.80. The fraction of sp³-hybridized carbons (Fsp3) is 0.0345. The van der Waals surface area contributed by atoms with E-state index < -0.39 is 7.92 Å². The molecule has 0 fully saturated rings. The van der Waals surface area contributed by atoms with Gasteiger partial charge in [-0.1, -0.05) is 78.6 Å². The third kappa shape index (κ3) is 4.54. The highest BCUT2D eigenvalue weighted by atomic mass is 31.1. The summed E-state index contributed by atoms with van der Waals surface area (Å²) in [5, 5.41) is 3.60. The van der Waals surface area contributed by atoms with Gasteiger partial charge in [0.05, 0.1) is 0 Å². The van der Waals surface area contributed by atoms with Crippen molar-refractivity contribution in [3.05, 3.63) is 114 Å². The van der Waals surface area contributed by atoms with Crippen molar-refractivity contribution in [2.45, 2.75) is 6.92 Å². The zero-order chi connectivity index (χ0) is 21.6. The number of hydrogen-bond acceptors (Lipinski definition) is 1. The average Bonchev–Trinajstić information content (AvgIpc) is 2.83. The minimum Gasteiger partial charge on any atom is -0.456 e. The van der Waals surface area contributed by atoms with Crippen LogP contribution in [-0.4, -0.2) is 0 Å². The molecule has 0 aliphatic heterocycles. The van der Waals surface area contributed by atoms with E-state index in [9.17, 15) is 0 Å². The van der Waals surface area contributed by atoms with Crippen LogP contribution in [0.25, 0.3) is 0 Å². The van der Waals surface area contributed by atoms with Gasteiger partial charge in [-0.3, -0.25) is 0 Å². The Bertz CT molecular complexity index is 1240. The maximum atomic E-state index is 6.47. The maximum Gasteiger partial charge on any atom is 0.137 e. The first kappa shape index (κ1) is 20.5. The number of benzene rings is 4. The summed E-state index contributed by atoms with van der Waals surface area (Å²) >= 11 is 0. The fourth-order valence-electron chi connectivity index (χ4n) is 3.37. The molecule has 0 aliphatic carbocycles. The van der Waals surface area contributed by atoms with Crippen LogP contribution in [0.2, 0.25) is 0 Å². The lowest BCUT2D eigenvalue weighted by Gasteiger charge is -2.23. The Morgan fingerprint density at radius 1 is 0.645 bits per heavy atom. The van der Waals surface area contributed by atoms with Crippen LogP contribution in [-0.2, 0) is 0 Å². The van der Waals surface area contributed by atoms with Gasteiger partial charge in [-0.2, -0.15) is 0 Å². The largest absolute Gasteiger partial charge is 0.456 e. The topological polar surface area (TPSA) is 9.23 Å². The molecular weight excluding hydrogens is 395 g/mol. The zero-order valence-corrected chi connectivity index (χ0v) is 18.1. The molecule has 0 N–H and O–H groups in total. The minimum absolute atomic E-state index is 0.738. The molecule has 31 heavy (non-hydrogen) atoms. The number of rotatable bonds is 5. The van der Waals surface area contributed by atoms with Crippen LogP contribution in [0, 0.1) is 31.6 Å². The van der Waals surface area contributed by atoms with Crippen LogP contribution >= 0.6 is 7.92 Å². The van der Waals surface area contributed by atoms with Gasteiger partial charge in [-0.05, 0) is 61.3 Å². The molecule has 4 aromatic carbocycles. The van der Waals surface area contributed by atoms with E-state index >= 15 is 0 Å². The summed E-state index contributed by atoms with van der Waals surface area (Å²) in [5.41, 5.74) is 2.57. The van der Waals surface area contributed by atoms with Gasteiger partial charge in [0.2, 0.25) is 0 Å². The number of ether oxygens (including phenoxy) is 1. The van der Waals surface area contributed by atoms with Crippen molar-refractivity contribution in [2.24, 2.45) is 0 Å². The van der Waals surface area contributed by atoms with Crippen LogP contribution in [0.4, 0.5) is 0 Å². The Morgan fingerprint density at radius 2 is 1.16 bits per heavy atom. The van der Waals surface area contributed by atoms with Gasteiger partial charge in [0.15, 0.2) is 0 Å². The molecule has 0 saturated carbocycles. The lowest BCUT2D eigenvalue weighted by molar-refractivity contribution is 0.482. The lowest BCUT2D eigenvalue weighted by atomic mass is 10.1. The van der Waals surface area contributed by atoms with Gasteiger partial charge < -0.3 is 4.74 Å². The van der Waals surface area contributed by atoms with E-state index in [4.69, 9.17) is 17.6 Å². The third-order valence-corrected chi connectivity index (χ3v) is 7.45. The quantitative estimate of drug-likeness (QED) is 0.308. The van der Waals surface area contributed by atoms with Crippen molar-refractivity contribution < 1.29 is 4.74 Å². The Balaban J connectivity index is 1.89. The molecule has 2 heteroatoms. The summed E-state index contributed by atoms with van der Waals surface area (Å²) in [6, 6.07) is 32.9.